The van der Waals surface area contributed by atoms with E-state index in [0.717, 1.165) is 38.4 Å². The number of benzene rings is 1. The van der Waals surface area contributed by atoms with E-state index in [1.165, 1.54) is 16.7 Å². The summed E-state index contributed by atoms with van der Waals surface area (Å²) in [5, 5.41) is 0.521. The maximum Gasteiger partial charge on any atom is 0.266 e. The van der Waals surface area contributed by atoms with Gasteiger partial charge >= 0.3 is 0 Å². The van der Waals surface area contributed by atoms with Crippen molar-refractivity contribution >= 4 is 51.9 Å². The Balaban J connectivity index is 1.60. The molecule has 2 heterocycles. The number of thiocarbonyl (C=S) groups is 1. The topological polar surface area (TPSA) is 42.0 Å². The predicted molar refractivity (Wildman–Crippen MR) is 114 cm³/mol. The molecule has 2 saturated heterocycles. The van der Waals surface area contributed by atoms with Crippen LogP contribution < -0.4 is 4.74 Å². The smallest absolute Gasteiger partial charge is 0.266 e. The van der Waals surface area contributed by atoms with E-state index in [9.17, 15) is 4.79 Å². The van der Waals surface area contributed by atoms with Crippen molar-refractivity contribution in [2.24, 2.45) is 0 Å². The fourth-order valence-electron chi connectivity index (χ4n) is 2.77. The summed E-state index contributed by atoms with van der Waals surface area (Å²) in [6.45, 7) is 8.89. The van der Waals surface area contributed by atoms with Crippen LogP contribution in [0.5, 0.6) is 5.75 Å². The van der Waals surface area contributed by atoms with Gasteiger partial charge in [-0.1, -0.05) is 47.7 Å². The fraction of sp³-hybridized carbons (Fsp3) is 0.368. The molecule has 2 aliphatic heterocycles. The number of carbonyl (C=O) groups excluding carboxylic acids is 1. The Hall–Kier alpha value is -1.38. The van der Waals surface area contributed by atoms with Crippen LogP contribution >= 0.6 is 35.6 Å². The Labute approximate surface area is 173 Å². The lowest BCUT2D eigenvalue weighted by Gasteiger charge is -2.26. The van der Waals surface area contributed by atoms with Crippen LogP contribution in [0.3, 0.4) is 0 Å². The molecule has 0 radical (unpaired) electrons. The summed E-state index contributed by atoms with van der Waals surface area (Å²) in [6.07, 6.45) is 3.46. The number of hydrogen-bond donors (Lipinski definition) is 0. The molecule has 2 fully saturated rings. The largest absolute Gasteiger partial charge is 0.491 e. The molecule has 2 aliphatic rings. The van der Waals surface area contributed by atoms with Gasteiger partial charge in [0.2, 0.25) is 0 Å². The van der Waals surface area contributed by atoms with Crippen LogP contribution in [-0.2, 0) is 9.53 Å². The van der Waals surface area contributed by atoms with Crippen molar-refractivity contribution in [1.82, 2.24) is 9.80 Å². The molecule has 0 spiro atoms. The van der Waals surface area contributed by atoms with Crippen LogP contribution in [0.4, 0.5) is 0 Å². The number of carbonyl (C=O) groups is 1. The maximum absolute atomic E-state index is 12.4. The molecule has 0 N–H and O–H groups in total. The van der Waals surface area contributed by atoms with Crippen molar-refractivity contribution in [3.8, 4) is 5.75 Å². The average molecular weight is 425 g/mol. The first-order valence-electron chi connectivity index (χ1n) is 8.67. The van der Waals surface area contributed by atoms with Gasteiger partial charge in [-0.15, -0.1) is 6.58 Å². The van der Waals surface area contributed by atoms with Crippen LogP contribution in [0.15, 0.2) is 35.8 Å². The summed E-state index contributed by atoms with van der Waals surface area (Å²) in [5.74, 6) is 0.535. The molecule has 0 bridgehead atoms. The Kier molecular flexibility index (Phi) is 7.32. The van der Waals surface area contributed by atoms with Gasteiger partial charge in [0, 0.05) is 26.2 Å². The minimum Gasteiger partial charge on any atom is -0.491 e. The lowest BCUT2D eigenvalue weighted by atomic mass is 10.2. The minimum atomic E-state index is -0.105. The quantitative estimate of drug-likeness (QED) is 0.379. The van der Waals surface area contributed by atoms with Gasteiger partial charge in [0.1, 0.15) is 16.7 Å². The molecule has 144 valence electrons. The highest BCUT2D eigenvalue weighted by molar-refractivity contribution is 8.26. The summed E-state index contributed by atoms with van der Waals surface area (Å²) < 4.78 is 11.7. The zero-order valence-corrected chi connectivity index (χ0v) is 17.2. The second-order valence-electron chi connectivity index (χ2n) is 6.07. The first kappa shape index (κ1) is 20.4. The number of hydrogen-bond acceptors (Lipinski definition) is 6. The summed E-state index contributed by atoms with van der Waals surface area (Å²) in [5.41, 5.74) is 0.833. The first-order chi connectivity index (χ1) is 13.1. The molecule has 0 atom stereocenters. The van der Waals surface area contributed by atoms with Gasteiger partial charge in [0.25, 0.3) is 5.91 Å². The van der Waals surface area contributed by atoms with Gasteiger partial charge in [-0.2, -0.15) is 0 Å². The summed E-state index contributed by atoms with van der Waals surface area (Å²) in [6, 6.07) is 5.51. The molecule has 1 amide bonds. The van der Waals surface area contributed by atoms with E-state index in [-0.39, 0.29) is 5.91 Å². The Morgan fingerprint density at radius 2 is 2.15 bits per heavy atom. The van der Waals surface area contributed by atoms with Gasteiger partial charge in [-0.05, 0) is 23.8 Å². The average Bonchev–Trinajstić information content (AvgIpc) is 2.92. The number of ether oxygens (including phenoxy) is 2. The molecule has 27 heavy (non-hydrogen) atoms. The van der Waals surface area contributed by atoms with Crippen molar-refractivity contribution in [3.63, 3.8) is 0 Å². The number of halogens is 1. The van der Waals surface area contributed by atoms with E-state index in [1.807, 2.05) is 12.1 Å². The first-order valence-corrected chi connectivity index (χ1v) is 10.3. The summed E-state index contributed by atoms with van der Waals surface area (Å²) >= 11 is 12.9. The zero-order chi connectivity index (χ0) is 19.2. The van der Waals surface area contributed by atoms with Crippen LogP contribution in [0.2, 0.25) is 5.02 Å². The fourth-order valence-corrected chi connectivity index (χ4v) is 4.29. The Bertz CT molecular complexity index is 763. The second kappa shape index (κ2) is 9.71. The van der Waals surface area contributed by atoms with Crippen molar-refractivity contribution < 1.29 is 14.3 Å². The molecule has 3 rings (SSSR count). The number of thioether (sulfide) groups is 1. The Morgan fingerprint density at radius 3 is 2.85 bits per heavy atom. The van der Waals surface area contributed by atoms with E-state index >= 15 is 0 Å². The molecule has 0 aromatic heterocycles. The zero-order valence-electron chi connectivity index (χ0n) is 14.9. The predicted octanol–water partition coefficient (Wildman–Crippen LogP) is 3.44. The van der Waals surface area contributed by atoms with Gasteiger partial charge in [0.05, 0.1) is 23.1 Å². The Morgan fingerprint density at radius 1 is 1.37 bits per heavy atom. The molecule has 5 nitrogen and oxygen atoms in total. The highest BCUT2D eigenvalue weighted by Crippen LogP contribution is 2.33. The third-order valence-electron chi connectivity index (χ3n) is 4.21. The maximum atomic E-state index is 12.4. The van der Waals surface area contributed by atoms with Crippen molar-refractivity contribution in [2.75, 3.05) is 46.0 Å². The number of morpholine rings is 1. The van der Waals surface area contributed by atoms with Gasteiger partial charge in [-0.3, -0.25) is 14.6 Å². The third kappa shape index (κ3) is 5.33. The summed E-state index contributed by atoms with van der Waals surface area (Å²) in [7, 11) is 0. The van der Waals surface area contributed by atoms with E-state index in [1.54, 1.807) is 18.2 Å². The summed E-state index contributed by atoms with van der Waals surface area (Å²) in [4.78, 5) is 16.8. The lowest BCUT2D eigenvalue weighted by molar-refractivity contribution is -0.121. The van der Waals surface area contributed by atoms with Crippen LogP contribution in [0.1, 0.15) is 5.56 Å². The molecule has 0 aliphatic carbocycles. The lowest BCUT2D eigenvalue weighted by Crippen LogP contribution is -2.38. The van der Waals surface area contributed by atoms with E-state index < -0.39 is 0 Å². The van der Waals surface area contributed by atoms with Gasteiger partial charge < -0.3 is 9.47 Å². The van der Waals surface area contributed by atoms with Crippen molar-refractivity contribution in [2.45, 2.75) is 0 Å². The second-order valence-corrected chi connectivity index (χ2v) is 8.16. The van der Waals surface area contributed by atoms with Crippen molar-refractivity contribution in [1.29, 1.82) is 0 Å². The molecule has 0 saturated carbocycles. The molecule has 0 unspecified atom stereocenters. The van der Waals surface area contributed by atoms with E-state index in [2.05, 4.69) is 11.5 Å². The molecule has 1 aromatic rings. The molecule has 1 aromatic carbocycles. The number of amides is 1. The standard InChI is InChI=1S/C19H21ClN2O3S2/c1-2-5-22-18(23)17(27-19(22)26)13-14-3-4-16(15(20)12-14)25-11-8-21-6-9-24-10-7-21/h2-4,12-13H,1,5-11H2/b17-13+. The normalized spacial score (nSPS) is 19.7. The van der Waals surface area contributed by atoms with Crippen LogP contribution in [0.25, 0.3) is 6.08 Å². The van der Waals surface area contributed by atoms with Gasteiger partial charge in [-0.25, -0.2) is 0 Å². The SMILES string of the molecule is C=CCN1C(=O)/C(=C\c2ccc(OCCN3CCOCC3)c(Cl)c2)SC1=S. The third-order valence-corrected chi connectivity index (χ3v) is 5.88. The number of rotatable bonds is 7. The van der Waals surface area contributed by atoms with Crippen molar-refractivity contribution in [3.05, 3.63) is 46.3 Å². The molecular formula is C19H21ClN2O3S2. The van der Waals surface area contributed by atoms with E-state index in [4.69, 9.17) is 33.3 Å². The van der Waals surface area contributed by atoms with E-state index in [0.29, 0.717) is 33.1 Å². The van der Waals surface area contributed by atoms with Gasteiger partial charge in [0.15, 0.2) is 0 Å². The molecule has 8 heteroatoms. The van der Waals surface area contributed by atoms with Crippen LogP contribution in [0, 0.1) is 0 Å². The number of nitrogens with zero attached hydrogens (tertiary/aromatic N) is 2. The molecular weight excluding hydrogens is 404 g/mol. The highest BCUT2D eigenvalue weighted by atomic mass is 35.5. The van der Waals surface area contributed by atoms with Crippen LogP contribution in [-0.4, -0.2) is 66.0 Å². The highest BCUT2D eigenvalue weighted by Gasteiger charge is 2.30. The minimum absolute atomic E-state index is 0.105. The monoisotopic (exact) mass is 424 g/mol.